The lowest BCUT2D eigenvalue weighted by Crippen LogP contribution is -2.43. The predicted octanol–water partition coefficient (Wildman–Crippen LogP) is 10.6. The van der Waals surface area contributed by atoms with Crippen molar-refractivity contribution >= 4 is 21.9 Å². The Morgan fingerprint density at radius 1 is 0.289 bits per heavy atom. The van der Waals surface area contributed by atoms with Gasteiger partial charge in [-0.05, 0) is 85.0 Å². The Kier molecular flexibility index (Phi) is 4.27. The summed E-state index contributed by atoms with van der Waals surface area (Å²) in [5.41, 5.74) is 16.9. The summed E-state index contributed by atoms with van der Waals surface area (Å²) in [5.74, 6) is 0. The highest BCUT2D eigenvalue weighted by atomic mass is 16.3. The average Bonchev–Trinajstić information content (AvgIpc) is 3.72. The molecule has 45 heavy (non-hydrogen) atoms. The minimum atomic E-state index is -0.496. The monoisotopic (exact) mass is 570 g/mol. The molecule has 0 unspecified atom stereocenters. The molecule has 7 aromatic carbocycles. The van der Waals surface area contributed by atoms with Gasteiger partial charge in [-0.15, -0.1) is 0 Å². The van der Waals surface area contributed by atoms with Crippen LogP contribution >= 0.6 is 0 Å². The van der Waals surface area contributed by atoms with Crippen molar-refractivity contribution in [1.29, 1.82) is 0 Å². The quantitative estimate of drug-likeness (QED) is 0.177. The Morgan fingerprint density at radius 3 is 1.22 bits per heavy atom. The summed E-state index contributed by atoms with van der Waals surface area (Å²) in [4.78, 5) is 0. The molecular weight excluding hydrogens is 544 g/mol. The van der Waals surface area contributed by atoms with Crippen LogP contribution in [0.2, 0.25) is 0 Å². The maximum Gasteiger partial charge on any atom is 0.135 e. The molecule has 0 amide bonds. The van der Waals surface area contributed by atoms with Gasteiger partial charge in [-0.25, -0.2) is 0 Å². The van der Waals surface area contributed by atoms with Crippen LogP contribution in [0.25, 0.3) is 44.2 Å². The maximum atomic E-state index is 6.57. The van der Waals surface area contributed by atoms with Gasteiger partial charge in [-0.3, -0.25) is 0 Å². The Labute approximate surface area is 261 Å². The smallest absolute Gasteiger partial charge is 0.135 e. The van der Waals surface area contributed by atoms with Gasteiger partial charge >= 0.3 is 0 Å². The minimum Gasteiger partial charge on any atom is -0.456 e. The van der Waals surface area contributed by atoms with Crippen LogP contribution < -0.4 is 0 Å². The third kappa shape index (κ3) is 2.57. The molecule has 208 valence electrons. The van der Waals surface area contributed by atoms with Gasteiger partial charge in [0.1, 0.15) is 11.2 Å². The molecule has 0 saturated heterocycles. The first-order chi connectivity index (χ1) is 22.3. The van der Waals surface area contributed by atoms with E-state index in [0.29, 0.717) is 0 Å². The highest BCUT2D eigenvalue weighted by Crippen LogP contribution is 2.67. The molecule has 3 aliphatic carbocycles. The predicted molar refractivity (Wildman–Crippen MR) is 182 cm³/mol. The van der Waals surface area contributed by atoms with Gasteiger partial charge < -0.3 is 4.42 Å². The molecule has 1 aromatic heterocycles. The van der Waals surface area contributed by atoms with Crippen LogP contribution in [0, 0.1) is 0 Å². The zero-order valence-corrected chi connectivity index (χ0v) is 24.4. The number of para-hydroxylation sites is 1. The molecule has 11 rings (SSSR count). The van der Waals surface area contributed by atoms with Crippen LogP contribution in [0.5, 0.6) is 0 Å². The summed E-state index contributed by atoms with van der Waals surface area (Å²) >= 11 is 0. The molecule has 0 radical (unpaired) electrons. The standard InChI is InChI=1S/C44H26O/c1-5-17-33-27(13-1)28-14-2-6-18-34(28)43(33)36-20-8-10-22-38(36)44(39-23-11-9-21-37(39)43)35-19-7-3-15-29(35)31-25-32-30-16-4-12-24-41(30)45-42(32)26-40(31)44/h1-26H. The minimum absolute atomic E-state index is 0.424. The second-order valence-corrected chi connectivity index (χ2v) is 12.7. The molecule has 8 aromatic rings. The fourth-order valence-electron chi connectivity index (χ4n) is 9.45. The van der Waals surface area contributed by atoms with Crippen molar-refractivity contribution in [2.75, 3.05) is 0 Å². The van der Waals surface area contributed by atoms with Crippen molar-refractivity contribution in [2.45, 2.75) is 10.8 Å². The van der Waals surface area contributed by atoms with Crippen LogP contribution in [0.15, 0.2) is 162 Å². The summed E-state index contributed by atoms with van der Waals surface area (Å²) in [6.45, 7) is 0. The molecule has 0 atom stereocenters. The Hall–Kier alpha value is -5.66. The van der Waals surface area contributed by atoms with Crippen molar-refractivity contribution in [3.8, 4) is 22.3 Å². The van der Waals surface area contributed by atoms with Gasteiger partial charge in [-0.1, -0.05) is 140 Å². The van der Waals surface area contributed by atoms with E-state index in [2.05, 4.69) is 158 Å². The van der Waals surface area contributed by atoms with Gasteiger partial charge in [0.25, 0.3) is 0 Å². The van der Waals surface area contributed by atoms with E-state index >= 15 is 0 Å². The fraction of sp³-hybridized carbons (Fsp3) is 0.0455. The lowest BCUT2D eigenvalue weighted by atomic mass is 9.52. The second kappa shape index (κ2) is 8.08. The number of hydrogen-bond donors (Lipinski definition) is 0. The molecular formula is C44H26O. The van der Waals surface area contributed by atoms with E-state index in [1.165, 1.54) is 72.1 Å². The molecule has 1 heteroatoms. The zero-order valence-electron chi connectivity index (χ0n) is 24.4. The Bertz CT molecular complexity index is 2470. The van der Waals surface area contributed by atoms with E-state index in [1.54, 1.807) is 0 Å². The van der Waals surface area contributed by atoms with Crippen molar-refractivity contribution in [3.63, 3.8) is 0 Å². The molecule has 0 saturated carbocycles. The van der Waals surface area contributed by atoms with Crippen LogP contribution in [0.3, 0.4) is 0 Å². The SMILES string of the molecule is c1ccc2c(c1)-c1ccccc1C21c2ccccc2C2(c3ccccc3-c3cc4c(cc32)oc2ccccc24)c2ccccc21. The lowest BCUT2D eigenvalue weighted by molar-refractivity contribution is 0.630. The van der Waals surface area contributed by atoms with E-state index in [0.717, 1.165) is 16.6 Å². The zero-order chi connectivity index (χ0) is 29.3. The average molecular weight is 571 g/mol. The largest absolute Gasteiger partial charge is 0.456 e. The van der Waals surface area contributed by atoms with E-state index in [9.17, 15) is 0 Å². The third-order valence-corrected chi connectivity index (χ3v) is 11.0. The topological polar surface area (TPSA) is 13.1 Å². The Balaban J connectivity index is 1.35. The summed E-state index contributed by atoms with van der Waals surface area (Å²) in [6.07, 6.45) is 0. The van der Waals surface area contributed by atoms with E-state index < -0.39 is 10.8 Å². The number of rotatable bonds is 0. The Morgan fingerprint density at radius 2 is 0.689 bits per heavy atom. The number of hydrogen-bond acceptors (Lipinski definition) is 1. The van der Waals surface area contributed by atoms with Crippen molar-refractivity contribution in [2.24, 2.45) is 0 Å². The van der Waals surface area contributed by atoms with E-state index in [1.807, 2.05) is 0 Å². The van der Waals surface area contributed by atoms with Gasteiger partial charge in [-0.2, -0.15) is 0 Å². The van der Waals surface area contributed by atoms with Crippen LogP contribution in [-0.2, 0) is 10.8 Å². The number of fused-ring (bicyclic) bond motifs is 19. The second-order valence-electron chi connectivity index (χ2n) is 12.7. The normalized spacial score (nSPS) is 15.5. The highest BCUT2D eigenvalue weighted by Gasteiger charge is 2.58. The van der Waals surface area contributed by atoms with E-state index in [4.69, 9.17) is 4.42 Å². The molecule has 0 fully saturated rings. The number of benzene rings is 7. The van der Waals surface area contributed by atoms with E-state index in [-0.39, 0.29) is 0 Å². The third-order valence-electron chi connectivity index (χ3n) is 11.0. The molecule has 3 aliphatic rings. The summed E-state index contributed by atoms with van der Waals surface area (Å²) < 4.78 is 6.57. The molecule has 1 nitrogen and oxygen atoms in total. The first kappa shape index (κ1) is 23.8. The van der Waals surface area contributed by atoms with Crippen molar-refractivity contribution < 1.29 is 4.42 Å². The number of furan rings is 1. The van der Waals surface area contributed by atoms with Gasteiger partial charge in [0.05, 0.1) is 10.8 Å². The van der Waals surface area contributed by atoms with Crippen LogP contribution in [0.1, 0.15) is 44.5 Å². The van der Waals surface area contributed by atoms with Gasteiger partial charge in [0.15, 0.2) is 0 Å². The molecule has 2 spiro atoms. The van der Waals surface area contributed by atoms with Gasteiger partial charge in [0, 0.05) is 10.8 Å². The summed E-state index contributed by atoms with van der Waals surface area (Å²) in [5, 5.41) is 2.33. The maximum absolute atomic E-state index is 6.57. The molecule has 0 aliphatic heterocycles. The fourth-order valence-corrected chi connectivity index (χ4v) is 9.45. The van der Waals surface area contributed by atoms with Crippen molar-refractivity contribution in [3.05, 3.63) is 202 Å². The molecule has 0 bridgehead atoms. The highest BCUT2D eigenvalue weighted by molar-refractivity contribution is 6.08. The molecule has 1 heterocycles. The summed E-state index contributed by atoms with van der Waals surface area (Å²) in [7, 11) is 0. The summed E-state index contributed by atoms with van der Waals surface area (Å²) in [6, 6.07) is 58.8. The first-order valence-corrected chi connectivity index (χ1v) is 15.8. The first-order valence-electron chi connectivity index (χ1n) is 15.8. The van der Waals surface area contributed by atoms with Crippen LogP contribution in [-0.4, -0.2) is 0 Å². The molecule has 0 N–H and O–H groups in total. The van der Waals surface area contributed by atoms with Crippen molar-refractivity contribution in [1.82, 2.24) is 0 Å². The lowest BCUT2D eigenvalue weighted by Gasteiger charge is -2.48. The van der Waals surface area contributed by atoms with Crippen LogP contribution in [0.4, 0.5) is 0 Å². The van der Waals surface area contributed by atoms with Gasteiger partial charge in [0.2, 0.25) is 0 Å².